The van der Waals surface area contributed by atoms with Crippen molar-refractivity contribution in [2.45, 2.75) is 25.7 Å². The maximum absolute atomic E-state index is 12.9. The van der Waals surface area contributed by atoms with Gasteiger partial charge in [-0.05, 0) is 31.4 Å². The van der Waals surface area contributed by atoms with E-state index in [0.717, 1.165) is 29.7 Å². The molecule has 2 N–H and O–H groups in total. The van der Waals surface area contributed by atoms with Crippen molar-refractivity contribution in [3.05, 3.63) is 39.9 Å². The van der Waals surface area contributed by atoms with E-state index in [4.69, 9.17) is 15.3 Å². The summed E-state index contributed by atoms with van der Waals surface area (Å²) in [6.07, 6.45) is 1.90. The summed E-state index contributed by atoms with van der Waals surface area (Å²) in [6.45, 7) is 3.27. The molecular formula is C16H19N3O4. The van der Waals surface area contributed by atoms with Gasteiger partial charge in [0.15, 0.2) is 0 Å². The van der Waals surface area contributed by atoms with E-state index in [2.05, 4.69) is 4.98 Å². The van der Waals surface area contributed by atoms with Crippen LogP contribution in [-0.2, 0) is 4.74 Å². The number of fused-ring (bicyclic) bond motifs is 1. The van der Waals surface area contributed by atoms with Crippen LogP contribution in [-0.4, -0.2) is 35.4 Å². The molecule has 2 aromatic rings. The molecule has 1 aromatic carbocycles. The third-order valence-corrected chi connectivity index (χ3v) is 3.97. The van der Waals surface area contributed by atoms with Gasteiger partial charge in [0.1, 0.15) is 6.61 Å². The smallest absolute Gasteiger partial charge is 0.294 e. The largest absolute Gasteiger partial charge is 0.409 e. The Morgan fingerprint density at radius 1 is 1.52 bits per heavy atom. The number of nitrogens with two attached hydrogens (primary N) is 1. The molecule has 1 saturated heterocycles. The van der Waals surface area contributed by atoms with Crippen molar-refractivity contribution in [2.24, 2.45) is 5.73 Å². The van der Waals surface area contributed by atoms with Crippen LogP contribution in [0.15, 0.2) is 23.0 Å². The quantitative estimate of drug-likeness (QED) is 0.901. The van der Waals surface area contributed by atoms with Crippen molar-refractivity contribution in [3.8, 4) is 0 Å². The van der Waals surface area contributed by atoms with E-state index in [0.29, 0.717) is 17.5 Å². The van der Waals surface area contributed by atoms with E-state index >= 15 is 0 Å². The van der Waals surface area contributed by atoms with Crippen LogP contribution in [0.1, 0.15) is 41.9 Å². The lowest BCUT2D eigenvalue weighted by Crippen LogP contribution is -2.36. The van der Waals surface area contributed by atoms with Crippen molar-refractivity contribution < 1.29 is 14.4 Å². The predicted molar refractivity (Wildman–Crippen MR) is 84.4 cm³/mol. The first-order chi connectivity index (χ1) is 11.1. The minimum absolute atomic E-state index is 0.136. The van der Waals surface area contributed by atoms with Gasteiger partial charge < -0.3 is 15.3 Å². The van der Waals surface area contributed by atoms with Crippen molar-refractivity contribution in [3.63, 3.8) is 0 Å². The van der Waals surface area contributed by atoms with E-state index in [-0.39, 0.29) is 18.3 Å². The number of ether oxygens (including phenoxy) is 1. The highest BCUT2D eigenvalue weighted by molar-refractivity contribution is 5.92. The molecule has 1 aliphatic rings. The number of aromatic nitrogens is 2. The Labute approximate surface area is 133 Å². The first-order valence-corrected chi connectivity index (χ1v) is 7.70. The zero-order valence-corrected chi connectivity index (χ0v) is 12.9. The first-order valence-electron chi connectivity index (χ1n) is 7.70. The number of nitrogens with zero attached hydrogens (tertiary/aromatic N) is 2. The van der Waals surface area contributed by atoms with Gasteiger partial charge in [-0.15, -0.1) is 4.73 Å². The summed E-state index contributed by atoms with van der Waals surface area (Å²) in [4.78, 5) is 34.0. The van der Waals surface area contributed by atoms with E-state index in [9.17, 15) is 9.59 Å². The van der Waals surface area contributed by atoms with Crippen molar-refractivity contribution in [1.29, 1.82) is 0 Å². The zero-order valence-electron chi connectivity index (χ0n) is 12.9. The van der Waals surface area contributed by atoms with E-state index < -0.39 is 11.5 Å². The molecular weight excluding hydrogens is 298 g/mol. The van der Waals surface area contributed by atoms with Gasteiger partial charge in [-0.1, -0.05) is 12.1 Å². The molecule has 0 spiro atoms. The second kappa shape index (κ2) is 6.37. The highest BCUT2D eigenvalue weighted by Gasteiger charge is 2.23. The average Bonchev–Trinajstić information content (AvgIpc) is 2.57. The minimum Gasteiger partial charge on any atom is -0.409 e. The van der Waals surface area contributed by atoms with E-state index in [1.165, 1.54) is 0 Å². The number of amides is 1. The molecule has 23 heavy (non-hydrogen) atoms. The monoisotopic (exact) mass is 317 g/mol. The molecule has 2 heterocycles. The number of hydrogen-bond acceptors (Lipinski definition) is 5. The molecule has 1 aliphatic heterocycles. The number of hydrogen-bond donors (Lipinski definition) is 1. The molecule has 7 heteroatoms. The van der Waals surface area contributed by atoms with Crippen LogP contribution >= 0.6 is 0 Å². The van der Waals surface area contributed by atoms with Gasteiger partial charge >= 0.3 is 0 Å². The fourth-order valence-electron chi connectivity index (χ4n) is 2.97. The van der Waals surface area contributed by atoms with Crippen LogP contribution in [0.4, 0.5) is 0 Å². The number of primary amides is 1. The van der Waals surface area contributed by atoms with Crippen LogP contribution in [0.5, 0.6) is 0 Å². The molecule has 1 aromatic heterocycles. The number of rotatable bonds is 4. The number of benzene rings is 1. The van der Waals surface area contributed by atoms with Gasteiger partial charge in [0.05, 0.1) is 17.5 Å². The highest BCUT2D eigenvalue weighted by Crippen LogP contribution is 2.29. The number of carbonyl (C=O) groups excluding carboxylic acids is 1. The van der Waals surface area contributed by atoms with Gasteiger partial charge in [0.25, 0.3) is 11.5 Å². The SMILES string of the molecule is CCOn1c(C(N)=O)nc2cccc(C3CCCOC3)c2c1=O. The van der Waals surface area contributed by atoms with Crippen LogP contribution in [0.3, 0.4) is 0 Å². The Morgan fingerprint density at radius 2 is 2.35 bits per heavy atom. The second-order valence-corrected chi connectivity index (χ2v) is 5.47. The summed E-state index contributed by atoms with van der Waals surface area (Å²) in [7, 11) is 0. The van der Waals surface area contributed by atoms with E-state index in [1.54, 1.807) is 13.0 Å². The lowest BCUT2D eigenvalue weighted by atomic mass is 9.91. The maximum atomic E-state index is 12.9. The van der Waals surface area contributed by atoms with Gasteiger partial charge in [-0.25, -0.2) is 4.98 Å². The Balaban J connectivity index is 2.25. The second-order valence-electron chi connectivity index (χ2n) is 5.47. The average molecular weight is 317 g/mol. The van der Waals surface area contributed by atoms with Gasteiger partial charge in [-0.3, -0.25) is 9.59 Å². The Morgan fingerprint density at radius 3 is 3.00 bits per heavy atom. The molecule has 0 radical (unpaired) electrons. The van der Waals surface area contributed by atoms with Crippen molar-refractivity contribution in [2.75, 3.05) is 19.8 Å². The molecule has 0 saturated carbocycles. The zero-order chi connectivity index (χ0) is 16.4. The maximum Gasteiger partial charge on any atom is 0.294 e. The molecule has 1 unspecified atom stereocenters. The molecule has 1 atom stereocenters. The van der Waals surface area contributed by atoms with Crippen LogP contribution in [0.25, 0.3) is 10.9 Å². The predicted octanol–water partition coefficient (Wildman–Crippen LogP) is 0.838. The van der Waals surface area contributed by atoms with Crippen LogP contribution in [0, 0.1) is 0 Å². The minimum atomic E-state index is -0.802. The highest BCUT2D eigenvalue weighted by atomic mass is 16.7. The van der Waals surface area contributed by atoms with Gasteiger partial charge in [0, 0.05) is 12.5 Å². The van der Waals surface area contributed by atoms with Crippen molar-refractivity contribution in [1.82, 2.24) is 9.71 Å². The summed E-state index contributed by atoms with van der Waals surface area (Å²) >= 11 is 0. The fourth-order valence-corrected chi connectivity index (χ4v) is 2.97. The molecule has 1 amide bonds. The molecule has 0 aliphatic carbocycles. The van der Waals surface area contributed by atoms with Gasteiger partial charge in [-0.2, -0.15) is 0 Å². The molecule has 122 valence electrons. The fraction of sp³-hybridized carbons (Fsp3) is 0.438. The summed E-state index contributed by atoms with van der Waals surface area (Å²) < 4.78 is 6.43. The van der Waals surface area contributed by atoms with Crippen LogP contribution < -0.4 is 16.1 Å². The summed E-state index contributed by atoms with van der Waals surface area (Å²) in [5.41, 5.74) is 6.24. The molecule has 0 bridgehead atoms. The Hall–Kier alpha value is -2.41. The normalized spacial score (nSPS) is 18.0. The first kappa shape index (κ1) is 15.5. The molecule has 7 nitrogen and oxygen atoms in total. The third-order valence-electron chi connectivity index (χ3n) is 3.97. The molecule has 3 rings (SSSR count). The lowest BCUT2D eigenvalue weighted by molar-refractivity contribution is 0.0799. The summed E-state index contributed by atoms with van der Waals surface area (Å²) in [5, 5.41) is 0.460. The van der Waals surface area contributed by atoms with E-state index in [1.807, 2.05) is 12.1 Å². The summed E-state index contributed by atoms with van der Waals surface area (Å²) in [5.74, 6) is -0.860. The standard InChI is InChI=1S/C16H19N3O4/c1-2-23-19-15(14(17)20)18-12-7-3-6-11(13(12)16(19)21)10-5-4-8-22-9-10/h3,6-7,10H,2,4-5,8-9H2,1H3,(H2,17,20). The molecule has 1 fully saturated rings. The van der Waals surface area contributed by atoms with Gasteiger partial charge in [0.2, 0.25) is 5.82 Å². The van der Waals surface area contributed by atoms with Crippen LogP contribution in [0.2, 0.25) is 0 Å². The lowest BCUT2D eigenvalue weighted by Gasteiger charge is -2.23. The Kier molecular flexibility index (Phi) is 4.29. The Bertz CT molecular complexity index is 794. The third kappa shape index (κ3) is 2.79. The number of carbonyl (C=O) groups is 1. The summed E-state index contributed by atoms with van der Waals surface area (Å²) in [6, 6.07) is 5.44. The van der Waals surface area contributed by atoms with Crippen molar-refractivity contribution >= 4 is 16.8 Å². The topological polar surface area (TPSA) is 96.4 Å².